The number of piperidine rings is 1. The number of thiophene rings is 1. The molecular weight excluding hydrogens is 458 g/mol. The minimum Gasteiger partial charge on any atom is -0.338 e. The van der Waals surface area contributed by atoms with Crippen molar-refractivity contribution in [2.45, 2.75) is 12.8 Å². The van der Waals surface area contributed by atoms with E-state index < -0.39 is 0 Å². The van der Waals surface area contributed by atoms with E-state index in [1.54, 1.807) is 0 Å². The Balaban J connectivity index is 1.32. The van der Waals surface area contributed by atoms with E-state index in [1.807, 2.05) is 52.1 Å². The second-order valence-corrected chi connectivity index (χ2v) is 9.30. The Kier molecular flexibility index (Phi) is 5.89. The van der Waals surface area contributed by atoms with Gasteiger partial charge in [-0.15, -0.1) is 22.7 Å². The fourth-order valence-corrected chi connectivity index (χ4v) is 4.87. The molecule has 0 aliphatic carbocycles. The van der Waals surface area contributed by atoms with Crippen LogP contribution < -0.4 is 5.32 Å². The maximum Gasteiger partial charge on any atom is 0.263 e. The first kappa shape index (κ1) is 19.3. The second-order valence-electron chi connectivity index (χ2n) is 6.58. The van der Waals surface area contributed by atoms with Gasteiger partial charge in [-0.1, -0.05) is 34.1 Å². The molecule has 8 heteroatoms. The minimum atomic E-state index is -0.0904. The highest BCUT2D eigenvalue weighted by Gasteiger charge is 2.28. The van der Waals surface area contributed by atoms with Crippen molar-refractivity contribution in [2.75, 3.05) is 18.4 Å². The molecule has 0 unspecified atom stereocenters. The topological polar surface area (TPSA) is 62.3 Å². The van der Waals surface area contributed by atoms with E-state index >= 15 is 0 Å². The Morgan fingerprint density at radius 2 is 1.86 bits per heavy atom. The number of hydrogen-bond acceptors (Lipinski definition) is 5. The standard InChI is InChI=1S/C20H18BrN3O2S2/c21-15-5-3-13(4-6-15)16-12-28-20(22-16)23-18(25)14-7-9-24(10-8-14)19(26)17-2-1-11-27-17/h1-6,11-12,14H,7-10H2,(H,22,23,25). The highest BCUT2D eigenvalue weighted by molar-refractivity contribution is 9.10. The fraction of sp³-hybridized carbons (Fsp3) is 0.250. The summed E-state index contributed by atoms with van der Waals surface area (Å²) in [6.07, 6.45) is 1.35. The molecule has 4 rings (SSSR count). The van der Waals surface area contributed by atoms with Gasteiger partial charge in [0.1, 0.15) is 0 Å². The van der Waals surface area contributed by atoms with Gasteiger partial charge in [0.15, 0.2) is 5.13 Å². The van der Waals surface area contributed by atoms with E-state index in [0.29, 0.717) is 31.1 Å². The molecular formula is C20H18BrN3O2S2. The maximum atomic E-state index is 12.6. The molecule has 28 heavy (non-hydrogen) atoms. The summed E-state index contributed by atoms with van der Waals surface area (Å²) in [5.41, 5.74) is 1.87. The number of aromatic nitrogens is 1. The molecule has 1 aliphatic rings. The SMILES string of the molecule is O=C(Nc1nc(-c2ccc(Br)cc2)cs1)C1CCN(C(=O)c2cccs2)CC1. The highest BCUT2D eigenvalue weighted by atomic mass is 79.9. The van der Waals surface area contributed by atoms with E-state index in [0.717, 1.165) is 20.6 Å². The summed E-state index contributed by atoms with van der Waals surface area (Å²) >= 11 is 6.31. The maximum absolute atomic E-state index is 12.6. The molecule has 3 heterocycles. The molecule has 0 saturated carbocycles. The number of carbonyl (C=O) groups excluding carboxylic acids is 2. The van der Waals surface area contributed by atoms with Crippen molar-refractivity contribution in [3.63, 3.8) is 0 Å². The molecule has 0 radical (unpaired) electrons. The number of halogens is 1. The van der Waals surface area contributed by atoms with Crippen LogP contribution in [0.5, 0.6) is 0 Å². The molecule has 2 aromatic heterocycles. The molecule has 0 atom stereocenters. The number of thiazole rings is 1. The van der Waals surface area contributed by atoms with Gasteiger partial charge in [0, 0.05) is 34.4 Å². The Morgan fingerprint density at radius 1 is 1.11 bits per heavy atom. The van der Waals surface area contributed by atoms with Crippen LogP contribution in [0.2, 0.25) is 0 Å². The lowest BCUT2D eigenvalue weighted by Crippen LogP contribution is -2.41. The highest BCUT2D eigenvalue weighted by Crippen LogP contribution is 2.27. The summed E-state index contributed by atoms with van der Waals surface area (Å²) in [5.74, 6) is -0.0414. The average molecular weight is 476 g/mol. The molecule has 1 N–H and O–H groups in total. The normalized spacial score (nSPS) is 14.8. The number of rotatable bonds is 4. The van der Waals surface area contributed by atoms with Crippen molar-refractivity contribution in [2.24, 2.45) is 5.92 Å². The average Bonchev–Trinajstić information content (AvgIpc) is 3.40. The Bertz CT molecular complexity index is 962. The number of nitrogens with one attached hydrogen (secondary N) is 1. The molecule has 1 aliphatic heterocycles. The third-order valence-corrected chi connectivity index (χ3v) is 6.90. The van der Waals surface area contributed by atoms with Crippen molar-refractivity contribution in [3.05, 3.63) is 56.5 Å². The monoisotopic (exact) mass is 475 g/mol. The second kappa shape index (κ2) is 8.55. The van der Waals surface area contributed by atoms with Gasteiger partial charge in [-0.3, -0.25) is 9.59 Å². The van der Waals surface area contributed by atoms with E-state index in [2.05, 4.69) is 26.2 Å². The van der Waals surface area contributed by atoms with Crippen LogP contribution >= 0.6 is 38.6 Å². The van der Waals surface area contributed by atoms with Gasteiger partial charge in [0.05, 0.1) is 10.6 Å². The van der Waals surface area contributed by atoms with E-state index in [9.17, 15) is 9.59 Å². The molecule has 5 nitrogen and oxygen atoms in total. The summed E-state index contributed by atoms with van der Waals surface area (Å²) in [6, 6.07) is 11.7. The number of hydrogen-bond donors (Lipinski definition) is 1. The number of nitrogens with zero attached hydrogens (tertiary/aromatic N) is 2. The molecule has 1 aromatic carbocycles. The van der Waals surface area contributed by atoms with Crippen LogP contribution in [-0.2, 0) is 4.79 Å². The number of anilines is 1. The molecule has 144 valence electrons. The summed E-state index contributed by atoms with van der Waals surface area (Å²) in [6.45, 7) is 1.22. The largest absolute Gasteiger partial charge is 0.338 e. The van der Waals surface area contributed by atoms with E-state index in [1.165, 1.54) is 22.7 Å². The van der Waals surface area contributed by atoms with Crippen LogP contribution in [0.25, 0.3) is 11.3 Å². The number of benzene rings is 1. The number of carbonyl (C=O) groups is 2. The Hall–Kier alpha value is -2.03. The Labute approximate surface area is 179 Å². The summed E-state index contributed by atoms with van der Waals surface area (Å²) in [5, 5.41) is 7.41. The van der Waals surface area contributed by atoms with Crippen LogP contribution in [0.1, 0.15) is 22.5 Å². The molecule has 1 fully saturated rings. The van der Waals surface area contributed by atoms with Crippen LogP contribution in [0, 0.1) is 5.92 Å². The molecule has 0 bridgehead atoms. The molecule has 2 amide bonds. The summed E-state index contributed by atoms with van der Waals surface area (Å²) < 4.78 is 1.02. The Morgan fingerprint density at radius 3 is 2.54 bits per heavy atom. The quantitative estimate of drug-likeness (QED) is 0.568. The van der Waals surface area contributed by atoms with Gasteiger partial charge in [-0.05, 0) is 36.4 Å². The molecule has 0 spiro atoms. The third kappa shape index (κ3) is 4.34. The fourth-order valence-electron chi connectivity index (χ4n) is 3.19. The lowest BCUT2D eigenvalue weighted by Gasteiger charge is -2.30. The zero-order valence-electron chi connectivity index (χ0n) is 14.9. The molecule has 1 saturated heterocycles. The van der Waals surface area contributed by atoms with Gasteiger partial charge in [-0.25, -0.2) is 4.98 Å². The van der Waals surface area contributed by atoms with Crippen molar-refractivity contribution in [3.8, 4) is 11.3 Å². The summed E-state index contributed by atoms with van der Waals surface area (Å²) in [4.78, 5) is 32.1. The van der Waals surface area contributed by atoms with E-state index in [4.69, 9.17) is 0 Å². The van der Waals surface area contributed by atoms with Crippen LogP contribution in [0.15, 0.2) is 51.6 Å². The van der Waals surface area contributed by atoms with Crippen molar-refractivity contribution in [1.82, 2.24) is 9.88 Å². The van der Waals surface area contributed by atoms with E-state index in [-0.39, 0.29) is 17.7 Å². The lowest BCUT2D eigenvalue weighted by molar-refractivity contribution is -0.121. The predicted octanol–water partition coefficient (Wildman–Crippen LogP) is 5.13. The van der Waals surface area contributed by atoms with Crippen LogP contribution in [0.4, 0.5) is 5.13 Å². The van der Waals surface area contributed by atoms with Crippen LogP contribution in [0.3, 0.4) is 0 Å². The van der Waals surface area contributed by atoms with Gasteiger partial charge < -0.3 is 10.2 Å². The van der Waals surface area contributed by atoms with Gasteiger partial charge in [0.2, 0.25) is 5.91 Å². The zero-order valence-corrected chi connectivity index (χ0v) is 18.1. The summed E-state index contributed by atoms with van der Waals surface area (Å²) in [7, 11) is 0. The van der Waals surface area contributed by atoms with Gasteiger partial charge in [-0.2, -0.15) is 0 Å². The predicted molar refractivity (Wildman–Crippen MR) is 117 cm³/mol. The van der Waals surface area contributed by atoms with Crippen molar-refractivity contribution < 1.29 is 9.59 Å². The number of likely N-dealkylation sites (tertiary alicyclic amines) is 1. The third-order valence-electron chi connectivity index (χ3n) is 4.76. The van der Waals surface area contributed by atoms with Crippen molar-refractivity contribution in [1.29, 1.82) is 0 Å². The first-order chi connectivity index (χ1) is 13.6. The number of amides is 2. The van der Waals surface area contributed by atoms with Gasteiger partial charge >= 0.3 is 0 Å². The van der Waals surface area contributed by atoms with Crippen LogP contribution in [-0.4, -0.2) is 34.8 Å². The minimum absolute atomic E-state index is 0.0140. The zero-order chi connectivity index (χ0) is 19.5. The van der Waals surface area contributed by atoms with Crippen molar-refractivity contribution >= 4 is 55.5 Å². The molecule has 3 aromatic rings. The first-order valence-corrected chi connectivity index (χ1v) is 11.5. The first-order valence-electron chi connectivity index (χ1n) is 8.95. The lowest BCUT2D eigenvalue weighted by atomic mass is 9.96. The van der Waals surface area contributed by atoms with Gasteiger partial charge in [0.25, 0.3) is 5.91 Å². The smallest absolute Gasteiger partial charge is 0.263 e.